The molecule has 0 N–H and O–H groups in total. The van der Waals surface area contributed by atoms with Gasteiger partial charge < -0.3 is 28.7 Å². The molecular formula is C31H42F3N5O6. The maximum atomic E-state index is 14.1. The van der Waals surface area contributed by atoms with Gasteiger partial charge in [0.05, 0.1) is 38.0 Å². The number of nitrogens with zero attached hydrogens (tertiary/aromatic N) is 5. The molecule has 0 saturated carbocycles. The molecule has 2 amide bonds. The van der Waals surface area contributed by atoms with Gasteiger partial charge in [0.25, 0.3) is 0 Å². The lowest BCUT2D eigenvalue weighted by Crippen LogP contribution is -2.55. The van der Waals surface area contributed by atoms with Gasteiger partial charge in [-0.2, -0.15) is 13.2 Å². The van der Waals surface area contributed by atoms with E-state index < -0.39 is 42.4 Å². The van der Waals surface area contributed by atoms with Crippen LogP contribution in [0.4, 0.5) is 23.9 Å². The molecule has 2 saturated heterocycles. The zero-order valence-corrected chi connectivity index (χ0v) is 26.1. The van der Waals surface area contributed by atoms with Gasteiger partial charge in [-0.25, -0.2) is 14.8 Å². The Labute approximate surface area is 261 Å². The lowest BCUT2D eigenvalue weighted by atomic mass is 10.0. The minimum Gasteiger partial charge on any atom is -0.497 e. The number of carbonyl (C=O) groups excluding carboxylic acids is 2. The summed E-state index contributed by atoms with van der Waals surface area (Å²) in [6.07, 6.45) is -1.38. The molecule has 4 rings (SSSR count). The fourth-order valence-electron chi connectivity index (χ4n) is 5.93. The summed E-state index contributed by atoms with van der Waals surface area (Å²) in [5, 5.41) is 0. The molecule has 2 aliphatic heterocycles. The second kappa shape index (κ2) is 15.6. The number of hydrogen-bond acceptors (Lipinski definition) is 9. The molecule has 2 aromatic rings. The third kappa shape index (κ3) is 8.97. The monoisotopic (exact) mass is 637 g/mol. The van der Waals surface area contributed by atoms with Crippen molar-refractivity contribution in [3.63, 3.8) is 0 Å². The van der Waals surface area contributed by atoms with E-state index in [4.69, 9.17) is 18.9 Å². The first kappa shape index (κ1) is 34.2. The van der Waals surface area contributed by atoms with E-state index in [0.29, 0.717) is 49.6 Å². The molecule has 0 unspecified atom stereocenters. The van der Waals surface area contributed by atoms with Crippen LogP contribution in [-0.4, -0.2) is 109 Å². The van der Waals surface area contributed by atoms with E-state index in [9.17, 15) is 22.8 Å². The highest BCUT2D eigenvalue weighted by atomic mass is 19.4. The van der Waals surface area contributed by atoms with Crippen molar-refractivity contribution in [3.8, 4) is 5.75 Å². The van der Waals surface area contributed by atoms with Gasteiger partial charge in [-0.3, -0.25) is 9.69 Å². The number of methoxy groups -OCH3 is 2. The summed E-state index contributed by atoms with van der Waals surface area (Å²) in [5.41, 5.74) is 0.486. The van der Waals surface area contributed by atoms with Crippen molar-refractivity contribution in [3.05, 3.63) is 48.3 Å². The number of likely N-dealkylation sites (tertiary alicyclic amines) is 1. The molecular weight excluding hydrogens is 595 g/mol. The minimum absolute atomic E-state index is 0.0713. The van der Waals surface area contributed by atoms with Crippen LogP contribution in [0.2, 0.25) is 0 Å². The summed E-state index contributed by atoms with van der Waals surface area (Å²) in [6, 6.07) is 5.81. The lowest BCUT2D eigenvalue weighted by molar-refractivity contribution is -0.189. The molecule has 0 spiro atoms. The molecule has 14 heteroatoms. The van der Waals surface area contributed by atoms with Gasteiger partial charge in [0.2, 0.25) is 5.95 Å². The van der Waals surface area contributed by atoms with E-state index in [1.807, 2.05) is 4.90 Å². The number of halogens is 3. The van der Waals surface area contributed by atoms with Crippen molar-refractivity contribution in [1.82, 2.24) is 19.8 Å². The summed E-state index contributed by atoms with van der Waals surface area (Å²) in [5.74, 6) is -0.823. The molecule has 2 aliphatic rings. The lowest BCUT2D eigenvalue weighted by Gasteiger charge is -2.38. The summed E-state index contributed by atoms with van der Waals surface area (Å²) in [4.78, 5) is 39.5. The molecule has 11 nitrogen and oxygen atoms in total. The largest absolute Gasteiger partial charge is 0.497 e. The Bertz CT molecular complexity index is 1230. The standard InChI is InChI=1S/C31H42F3N5O6/c1-21(2)45-30(41)39-23(12-17-42-3)18-26(38(28(40)31(32,33)34)19-22-6-8-24(43-4)9-7-22)27(39)20-44-25-10-15-37(16-11-25)29-35-13-5-14-36-29/h5-9,13-14,21,23,25-27H,10-12,15-20H2,1-4H3/t23-,26+,27+/m1/s1. The number of rotatable bonds is 12. The highest BCUT2D eigenvalue weighted by molar-refractivity contribution is 5.82. The SMILES string of the molecule is COCC[C@@H]1C[C@H](N(Cc2ccc(OC)cc2)C(=O)C(F)(F)F)[C@H](COC2CCN(c3ncccn3)CC2)N1C(=O)OC(C)C. The predicted octanol–water partition coefficient (Wildman–Crippen LogP) is 4.45. The summed E-state index contributed by atoms with van der Waals surface area (Å²) in [7, 11) is 3.00. The first-order valence-corrected chi connectivity index (χ1v) is 15.1. The molecule has 3 heterocycles. The van der Waals surface area contributed by atoms with Gasteiger partial charge in [0.15, 0.2) is 0 Å². The second-order valence-electron chi connectivity index (χ2n) is 11.5. The Kier molecular flexibility index (Phi) is 11.8. The molecule has 248 valence electrons. The van der Waals surface area contributed by atoms with E-state index in [1.54, 1.807) is 56.6 Å². The van der Waals surface area contributed by atoms with Crippen molar-refractivity contribution >= 4 is 17.9 Å². The Morgan fingerprint density at radius 1 is 1.07 bits per heavy atom. The zero-order valence-electron chi connectivity index (χ0n) is 26.1. The fraction of sp³-hybridized carbons (Fsp3) is 0.613. The van der Waals surface area contributed by atoms with Crippen LogP contribution in [0.15, 0.2) is 42.7 Å². The van der Waals surface area contributed by atoms with Crippen molar-refractivity contribution in [2.45, 2.75) is 82.6 Å². The van der Waals surface area contributed by atoms with Crippen molar-refractivity contribution in [2.24, 2.45) is 0 Å². The number of aromatic nitrogens is 2. The number of benzene rings is 1. The van der Waals surface area contributed by atoms with Crippen LogP contribution in [0.3, 0.4) is 0 Å². The van der Waals surface area contributed by atoms with Gasteiger partial charge >= 0.3 is 18.2 Å². The summed E-state index contributed by atoms with van der Waals surface area (Å²) in [6.45, 7) is 4.55. The van der Waals surface area contributed by atoms with Crippen molar-refractivity contribution in [2.75, 3.05) is 45.4 Å². The molecule has 0 aliphatic carbocycles. The van der Waals surface area contributed by atoms with Crippen molar-refractivity contribution in [1.29, 1.82) is 0 Å². The maximum absolute atomic E-state index is 14.1. The van der Waals surface area contributed by atoms with Crippen LogP contribution in [0, 0.1) is 0 Å². The average molecular weight is 638 g/mol. The Balaban J connectivity index is 1.61. The van der Waals surface area contributed by atoms with E-state index in [0.717, 1.165) is 4.90 Å². The van der Waals surface area contributed by atoms with Crippen LogP contribution in [0.25, 0.3) is 0 Å². The number of amides is 2. The van der Waals surface area contributed by atoms with Gasteiger partial charge in [-0.15, -0.1) is 0 Å². The van der Waals surface area contributed by atoms with Crippen LogP contribution in [0.5, 0.6) is 5.75 Å². The quantitative estimate of drug-likeness (QED) is 0.334. The van der Waals surface area contributed by atoms with Crippen LogP contribution in [-0.2, 0) is 25.5 Å². The molecule has 3 atom stereocenters. The third-order valence-corrected chi connectivity index (χ3v) is 8.11. The average Bonchev–Trinajstić information content (AvgIpc) is 3.39. The van der Waals surface area contributed by atoms with Crippen LogP contribution >= 0.6 is 0 Å². The summed E-state index contributed by atoms with van der Waals surface area (Å²) < 4.78 is 64.6. The van der Waals surface area contributed by atoms with Gasteiger partial charge in [0, 0.05) is 51.8 Å². The Morgan fingerprint density at radius 2 is 1.73 bits per heavy atom. The number of anilines is 1. The first-order valence-electron chi connectivity index (χ1n) is 15.1. The molecule has 0 radical (unpaired) electrons. The normalized spacial score (nSPS) is 20.8. The van der Waals surface area contributed by atoms with Crippen LogP contribution in [0.1, 0.15) is 45.1 Å². The van der Waals surface area contributed by atoms with E-state index >= 15 is 0 Å². The highest BCUT2D eigenvalue weighted by Gasteiger charge is 2.52. The third-order valence-electron chi connectivity index (χ3n) is 8.11. The highest BCUT2D eigenvalue weighted by Crippen LogP contribution is 2.36. The number of piperidine rings is 1. The Hall–Kier alpha value is -3.65. The molecule has 1 aromatic carbocycles. The van der Waals surface area contributed by atoms with E-state index in [1.165, 1.54) is 19.1 Å². The van der Waals surface area contributed by atoms with Gasteiger partial charge in [-0.05, 0) is 63.3 Å². The molecule has 2 fully saturated rings. The Morgan fingerprint density at radius 3 is 2.31 bits per heavy atom. The number of carbonyl (C=O) groups is 2. The predicted molar refractivity (Wildman–Crippen MR) is 159 cm³/mol. The first-order chi connectivity index (χ1) is 21.5. The maximum Gasteiger partial charge on any atom is 0.471 e. The zero-order chi connectivity index (χ0) is 32.6. The number of alkyl halides is 3. The van der Waals surface area contributed by atoms with Gasteiger partial charge in [0.1, 0.15) is 5.75 Å². The minimum atomic E-state index is -5.13. The molecule has 1 aromatic heterocycles. The molecule has 45 heavy (non-hydrogen) atoms. The number of hydrogen-bond donors (Lipinski definition) is 0. The second-order valence-corrected chi connectivity index (χ2v) is 11.5. The number of ether oxygens (including phenoxy) is 4. The summed E-state index contributed by atoms with van der Waals surface area (Å²) >= 11 is 0. The van der Waals surface area contributed by atoms with E-state index in [2.05, 4.69) is 9.97 Å². The van der Waals surface area contributed by atoms with Crippen molar-refractivity contribution < 1.29 is 41.7 Å². The molecule has 0 bridgehead atoms. The van der Waals surface area contributed by atoms with Gasteiger partial charge in [-0.1, -0.05) is 12.1 Å². The fourth-order valence-corrected chi connectivity index (χ4v) is 5.93. The topological polar surface area (TPSA) is 107 Å². The smallest absolute Gasteiger partial charge is 0.471 e. The van der Waals surface area contributed by atoms with Crippen LogP contribution < -0.4 is 9.64 Å². The van der Waals surface area contributed by atoms with E-state index in [-0.39, 0.29) is 32.3 Å².